The van der Waals surface area contributed by atoms with Crippen molar-refractivity contribution in [1.82, 2.24) is 0 Å². The van der Waals surface area contributed by atoms with Crippen molar-refractivity contribution in [3.63, 3.8) is 0 Å². The molecule has 0 aliphatic heterocycles. The molecule has 0 amide bonds. The van der Waals surface area contributed by atoms with Crippen LogP contribution in [0.25, 0.3) is 0 Å². The van der Waals surface area contributed by atoms with E-state index in [1.807, 2.05) is 60.7 Å². The van der Waals surface area contributed by atoms with Crippen LogP contribution >= 0.6 is 0 Å². The molecule has 4 aromatic rings. The van der Waals surface area contributed by atoms with Crippen molar-refractivity contribution >= 4 is 11.6 Å². The minimum Gasteiger partial charge on any atom is -0.489 e. The van der Waals surface area contributed by atoms with Crippen LogP contribution in [0.2, 0.25) is 0 Å². The summed E-state index contributed by atoms with van der Waals surface area (Å²) in [7, 11) is 0. The molecule has 158 valence electrons. The molecule has 0 N–H and O–H groups in total. The van der Waals surface area contributed by atoms with Crippen LogP contribution in [0.1, 0.15) is 31.8 Å². The molecule has 0 fully saturated rings. The zero-order valence-electron chi connectivity index (χ0n) is 17.4. The number of hydrogen-bond donors (Lipinski definition) is 0. The van der Waals surface area contributed by atoms with Crippen LogP contribution in [0.15, 0.2) is 109 Å². The van der Waals surface area contributed by atoms with E-state index in [2.05, 4.69) is 0 Å². The molecule has 0 saturated heterocycles. The Hall–Kier alpha value is -4.18. The lowest BCUT2D eigenvalue weighted by Gasteiger charge is -2.09. The molecule has 0 atom stereocenters. The topological polar surface area (TPSA) is 52.6 Å². The fraction of sp³-hybridized carbons (Fsp3) is 0.0714. The van der Waals surface area contributed by atoms with Crippen LogP contribution in [0, 0.1) is 0 Å². The van der Waals surface area contributed by atoms with E-state index in [-0.39, 0.29) is 11.1 Å². The molecule has 4 heteroatoms. The van der Waals surface area contributed by atoms with Gasteiger partial charge < -0.3 is 9.47 Å². The molecule has 0 bridgehead atoms. The molecule has 0 unspecified atom stereocenters. The van der Waals surface area contributed by atoms with Crippen LogP contribution < -0.4 is 9.47 Å². The first kappa shape index (κ1) is 21.1. The minimum absolute atomic E-state index is 0.288. The summed E-state index contributed by atoms with van der Waals surface area (Å²) < 4.78 is 11.6. The van der Waals surface area contributed by atoms with Crippen LogP contribution in [-0.4, -0.2) is 11.6 Å². The Balaban J connectivity index is 1.42. The predicted molar refractivity (Wildman–Crippen MR) is 123 cm³/mol. The maximum atomic E-state index is 12.8. The first-order valence-corrected chi connectivity index (χ1v) is 10.3. The van der Waals surface area contributed by atoms with E-state index in [1.165, 1.54) is 0 Å². The van der Waals surface area contributed by atoms with E-state index in [4.69, 9.17) is 9.47 Å². The first-order valence-electron chi connectivity index (χ1n) is 10.3. The molecule has 0 aliphatic carbocycles. The van der Waals surface area contributed by atoms with Gasteiger partial charge in [0.05, 0.1) is 0 Å². The average molecular weight is 422 g/mol. The average Bonchev–Trinajstić information content (AvgIpc) is 2.87. The van der Waals surface area contributed by atoms with Crippen molar-refractivity contribution in [2.24, 2.45) is 0 Å². The summed E-state index contributed by atoms with van der Waals surface area (Å²) in [6.07, 6.45) is 0. The van der Waals surface area contributed by atoms with Gasteiger partial charge in [0.25, 0.3) is 0 Å². The monoisotopic (exact) mass is 422 g/mol. The number of carbonyl (C=O) groups is 2. The molecule has 0 heterocycles. The second kappa shape index (κ2) is 10.2. The molecule has 0 radical (unpaired) electrons. The molecule has 0 aromatic heterocycles. The van der Waals surface area contributed by atoms with E-state index < -0.39 is 11.6 Å². The Labute approximate surface area is 187 Å². The van der Waals surface area contributed by atoms with Crippen molar-refractivity contribution < 1.29 is 19.1 Å². The van der Waals surface area contributed by atoms with Crippen LogP contribution in [-0.2, 0) is 13.2 Å². The standard InChI is InChI=1S/C28H22O4/c29-27(23-13-7-15-25(17-23)31-19-21-9-3-1-4-10-21)28(30)24-14-8-16-26(18-24)32-20-22-11-5-2-6-12-22/h1-18H,19-20H2. The number of Topliss-reactive ketones (excluding diaryl/α,β-unsaturated/α-hetero) is 2. The second-order valence-corrected chi connectivity index (χ2v) is 7.26. The third kappa shape index (κ3) is 5.49. The number of ether oxygens (including phenoxy) is 2. The Morgan fingerprint density at radius 3 is 1.31 bits per heavy atom. The molecule has 4 rings (SSSR count). The highest BCUT2D eigenvalue weighted by Gasteiger charge is 2.19. The van der Waals surface area contributed by atoms with Gasteiger partial charge in [0, 0.05) is 11.1 Å². The zero-order chi connectivity index (χ0) is 22.2. The number of rotatable bonds is 9. The Bertz CT molecular complexity index is 1100. The number of hydrogen-bond acceptors (Lipinski definition) is 4. The van der Waals surface area contributed by atoms with Crippen LogP contribution in [0.5, 0.6) is 11.5 Å². The highest BCUT2D eigenvalue weighted by atomic mass is 16.5. The maximum absolute atomic E-state index is 12.8. The lowest BCUT2D eigenvalue weighted by molar-refractivity contribution is 0.0816. The van der Waals surface area contributed by atoms with E-state index in [1.54, 1.807) is 48.5 Å². The van der Waals surface area contributed by atoms with Crippen molar-refractivity contribution in [2.75, 3.05) is 0 Å². The predicted octanol–water partition coefficient (Wildman–Crippen LogP) is 5.91. The molecule has 0 spiro atoms. The van der Waals surface area contributed by atoms with Gasteiger partial charge in [-0.3, -0.25) is 9.59 Å². The molecule has 4 nitrogen and oxygen atoms in total. The van der Waals surface area contributed by atoms with Gasteiger partial charge >= 0.3 is 0 Å². The highest BCUT2D eigenvalue weighted by molar-refractivity contribution is 6.49. The van der Waals surface area contributed by atoms with Gasteiger partial charge in [-0.1, -0.05) is 84.9 Å². The van der Waals surface area contributed by atoms with E-state index in [0.29, 0.717) is 24.7 Å². The summed E-state index contributed by atoms with van der Waals surface area (Å²) in [5, 5.41) is 0. The lowest BCUT2D eigenvalue weighted by atomic mass is 10.0. The lowest BCUT2D eigenvalue weighted by Crippen LogP contribution is -2.14. The Kier molecular flexibility index (Phi) is 6.73. The van der Waals surface area contributed by atoms with Gasteiger partial charge in [0.2, 0.25) is 11.6 Å². The number of ketones is 2. The maximum Gasteiger partial charge on any atom is 0.233 e. The highest BCUT2D eigenvalue weighted by Crippen LogP contribution is 2.20. The van der Waals surface area contributed by atoms with E-state index >= 15 is 0 Å². The van der Waals surface area contributed by atoms with Gasteiger partial charge in [-0.2, -0.15) is 0 Å². The molecule has 32 heavy (non-hydrogen) atoms. The Morgan fingerprint density at radius 1 is 0.500 bits per heavy atom. The summed E-state index contributed by atoms with van der Waals surface area (Å²) in [5.41, 5.74) is 2.62. The second-order valence-electron chi connectivity index (χ2n) is 7.26. The number of benzene rings is 4. The first-order chi connectivity index (χ1) is 15.7. The van der Waals surface area contributed by atoms with Gasteiger partial charge in [-0.15, -0.1) is 0 Å². The molecular weight excluding hydrogens is 400 g/mol. The van der Waals surface area contributed by atoms with Gasteiger partial charge in [-0.25, -0.2) is 0 Å². The van der Waals surface area contributed by atoms with Crippen LogP contribution in [0.4, 0.5) is 0 Å². The van der Waals surface area contributed by atoms with E-state index in [9.17, 15) is 9.59 Å². The summed E-state index contributed by atoms with van der Waals surface area (Å²) in [4.78, 5) is 25.6. The van der Waals surface area contributed by atoms with Gasteiger partial charge in [0.15, 0.2) is 0 Å². The van der Waals surface area contributed by atoms with Crippen molar-refractivity contribution in [2.45, 2.75) is 13.2 Å². The summed E-state index contributed by atoms with van der Waals surface area (Å²) >= 11 is 0. The van der Waals surface area contributed by atoms with Crippen molar-refractivity contribution in [3.8, 4) is 11.5 Å². The SMILES string of the molecule is O=C(C(=O)c1cccc(OCc2ccccc2)c1)c1cccc(OCc2ccccc2)c1. The third-order valence-corrected chi connectivity index (χ3v) is 4.90. The number of carbonyl (C=O) groups excluding carboxylic acids is 2. The smallest absolute Gasteiger partial charge is 0.233 e. The largest absolute Gasteiger partial charge is 0.489 e. The van der Waals surface area contributed by atoms with Crippen LogP contribution in [0.3, 0.4) is 0 Å². The van der Waals surface area contributed by atoms with Crippen molar-refractivity contribution in [3.05, 3.63) is 131 Å². The Morgan fingerprint density at radius 2 is 0.906 bits per heavy atom. The summed E-state index contributed by atoms with van der Waals surface area (Å²) in [6.45, 7) is 0.764. The molecule has 4 aromatic carbocycles. The third-order valence-electron chi connectivity index (χ3n) is 4.90. The zero-order valence-corrected chi connectivity index (χ0v) is 17.4. The fourth-order valence-electron chi connectivity index (χ4n) is 3.20. The quantitative estimate of drug-likeness (QED) is 0.249. The van der Waals surface area contributed by atoms with Crippen molar-refractivity contribution in [1.29, 1.82) is 0 Å². The molecule has 0 saturated carbocycles. The van der Waals surface area contributed by atoms with E-state index in [0.717, 1.165) is 11.1 Å². The van der Waals surface area contributed by atoms with Gasteiger partial charge in [-0.05, 0) is 35.4 Å². The summed E-state index contributed by atoms with van der Waals surface area (Å²) in [6, 6.07) is 32.9. The fourth-order valence-corrected chi connectivity index (χ4v) is 3.20. The molecule has 0 aliphatic rings. The van der Waals surface area contributed by atoms with Gasteiger partial charge in [0.1, 0.15) is 24.7 Å². The summed E-state index contributed by atoms with van der Waals surface area (Å²) in [5.74, 6) is -0.106. The normalized spacial score (nSPS) is 10.4. The molecular formula is C28H22O4. The minimum atomic E-state index is -0.588.